The minimum Gasteiger partial charge on any atom is -0.479 e. The van der Waals surface area contributed by atoms with E-state index in [1.165, 1.54) is 51.4 Å². The number of hydrogen-bond donors (Lipinski definition) is 3. The Morgan fingerprint density at radius 3 is 1.36 bits per heavy atom. The third-order valence-electron chi connectivity index (χ3n) is 12.2. The van der Waals surface area contributed by atoms with Crippen molar-refractivity contribution < 1.29 is 58.2 Å². The number of allylic oxidation sites excluding steroid dienone is 21. The van der Waals surface area contributed by atoms with Crippen LogP contribution in [0.5, 0.6) is 0 Å². The molecule has 0 aliphatic carbocycles. The molecule has 3 N–H and O–H groups in total. The van der Waals surface area contributed by atoms with E-state index in [1.54, 1.807) is 6.08 Å². The molecule has 0 amide bonds. The average molecular weight is 1070 g/mol. The highest BCUT2D eigenvalue weighted by Gasteiger charge is 2.50. The Morgan fingerprint density at radius 1 is 0.455 bits per heavy atom. The maximum absolute atomic E-state index is 13.1. The average Bonchev–Trinajstić information content (AvgIpc) is 3.42. The first-order valence-corrected chi connectivity index (χ1v) is 29.2. The predicted octanol–water partition coefficient (Wildman–Crippen LogP) is 15.0. The number of aliphatic carboxylic acids is 1. The Hall–Kier alpha value is -5.14. The molecule has 432 valence electrons. The van der Waals surface area contributed by atoms with Crippen LogP contribution < -0.4 is 0 Å². The SMILES string of the molecule is CC/C=C\C/C=C\C/C=C\C/C=C\C/C=C\CC(=O)OCC(COC1OC(C(=O)O)C(O)C(O)C1OC(=O)CCCCCCCCCCC/C=C\C/C=C\CCCCC)OC(=O)CC/C=C\C/C=C\C/C=C\C/C=C\CC. The minimum absolute atomic E-state index is 0.0147. The first kappa shape index (κ1) is 69.9. The molecule has 0 radical (unpaired) electrons. The highest BCUT2D eigenvalue weighted by molar-refractivity contribution is 5.74. The fraction of sp³-hybridized carbons (Fsp3) is 0.600. The number of carboxylic acids is 1. The lowest BCUT2D eigenvalue weighted by atomic mass is 9.98. The van der Waals surface area contributed by atoms with E-state index in [0.29, 0.717) is 25.7 Å². The summed E-state index contributed by atoms with van der Waals surface area (Å²) in [5.74, 6) is -3.42. The zero-order valence-corrected chi connectivity index (χ0v) is 47.4. The van der Waals surface area contributed by atoms with Crippen LogP contribution in [0.25, 0.3) is 0 Å². The number of carboxylic acid groups (broad SMARTS) is 1. The van der Waals surface area contributed by atoms with Crippen molar-refractivity contribution in [2.24, 2.45) is 0 Å². The number of carbonyl (C=O) groups excluding carboxylic acids is 3. The number of esters is 3. The molecular formula is C65H100O12. The normalized spacial score (nSPS) is 19.0. The number of hydrogen-bond acceptors (Lipinski definition) is 11. The fourth-order valence-electron chi connectivity index (χ4n) is 7.84. The lowest BCUT2D eigenvalue weighted by Gasteiger charge is -2.40. The van der Waals surface area contributed by atoms with Gasteiger partial charge >= 0.3 is 23.9 Å². The van der Waals surface area contributed by atoms with Crippen molar-refractivity contribution in [2.75, 3.05) is 13.2 Å². The van der Waals surface area contributed by atoms with Gasteiger partial charge in [0.15, 0.2) is 24.6 Å². The number of ether oxygens (including phenoxy) is 5. The summed E-state index contributed by atoms with van der Waals surface area (Å²) in [5, 5.41) is 31.5. The van der Waals surface area contributed by atoms with Crippen LogP contribution in [-0.2, 0) is 42.9 Å². The van der Waals surface area contributed by atoms with Crippen LogP contribution in [-0.4, -0.2) is 89.2 Å². The highest BCUT2D eigenvalue weighted by atomic mass is 16.7. The van der Waals surface area contributed by atoms with Crippen LogP contribution in [0.3, 0.4) is 0 Å². The molecule has 6 atom stereocenters. The van der Waals surface area contributed by atoms with E-state index < -0.39 is 73.9 Å². The largest absolute Gasteiger partial charge is 0.479 e. The van der Waals surface area contributed by atoms with Gasteiger partial charge in [-0.1, -0.05) is 212 Å². The van der Waals surface area contributed by atoms with Crippen molar-refractivity contribution in [1.82, 2.24) is 0 Å². The zero-order chi connectivity index (χ0) is 56.1. The lowest BCUT2D eigenvalue weighted by Crippen LogP contribution is -2.61. The molecule has 1 rings (SSSR count). The van der Waals surface area contributed by atoms with Crippen LogP contribution in [0.4, 0.5) is 0 Å². The van der Waals surface area contributed by atoms with Crippen LogP contribution in [0.1, 0.15) is 201 Å². The van der Waals surface area contributed by atoms with Gasteiger partial charge in [-0.3, -0.25) is 14.4 Å². The van der Waals surface area contributed by atoms with Crippen molar-refractivity contribution in [3.05, 3.63) is 134 Å². The molecule has 1 heterocycles. The quantitative estimate of drug-likeness (QED) is 0.0228. The van der Waals surface area contributed by atoms with E-state index in [0.717, 1.165) is 83.5 Å². The number of rotatable bonds is 47. The second-order valence-electron chi connectivity index (χ2n) is 19.2. The van der Waals surface area contributed by atoms with Gasteiger partial charge in [0.25, 0.3) is 0 Å². The first-order chi connectivity index (χ1) is 37.6. The van der Waals surface area contributed by atoms with Crippen LogP contribution in [0.2, 0.25) is 0 Å². The number of aliphatic hydroxyl groups is 2. The van der Waals surface area contributed by atoms with Gasteiger partial charge in [-0.2, -0.15) is 0 Å². The molecule has 6 unspecified atom stereocenters. The maximum atomic E-state index is 13.1. The summed E-state index contributed by atoms with van der Waals surface area (Å²) in [5.41, 5.74) is 0. The molecule has 12 nitrogen and oxygen atoms in total. The molecular weight excluding hydrogens is 973 g/mol. The summed E-state index contributed by atoms with van der Waals surface area (Å²) < 4.78 is 28.2. The van der Waals surface area contributed by atoms with Gasteiger partial charge in [0.2, 0.25) is 0 Å². The molecule has 1 saturated heterocycles. The van der Waals surface area contributed by atoms with Gasteiger partial charge in [-0.15, -0.1) is 0 Å². The minimum atomic E-state index is -1.93. The summed E-state index contributed by atoms with van der Waals surface area (Å²) in [4.78, 5) is 51.0. The molecule has 77 heavy (non-hydrogen) atoms. The number of carbonyl (C=O) groups is 4. The van der Waals surface area contributed by atoms with Gasteiger partial charge < -0.3 is 39.0 Å². The molecule has 0 bridgehead atoms. The summed E-state index contributed by atoms with van der Waals surface area (Å²) in [6.45, 7) is 5.56. The third kappa shape index (κ3) is 41.6. The lowest BCUT2D eigenvalue weighted by molar-refractivity contribution is -0.301. The van der Waals surface area contributed by atoms with E-state index >= 15 is 0 Å². The molecule has 0 saturated carbocycles. The molecule has 12 heteroatoms. The maximum Gasteiger partial charge on any atom is 0.335 e. The fourth-order valence-corrected chi connectivity index (χ4v) is 7.84. The van der Waals surface area contributed by atoms with Gasteiger partial charge in [0, 0.05) is 12.8 Å². The number of unbranched alkanes of at least 4 members (excludes halogenated alkanes) is 12. The zero-order valence-electron chi connectivity index (χ0n) is 47.4. The van der Waals surface area contributed by atoms with Crippen molar-refractivity contribution in [3.63, 3.8) is 0 Å². The third-order valence-corrected chi connectivity index (χ3v) is 12.2. The van der Waals surface area contributed by atoms with E-state index in [2.05, 4.69) is 112 Å². The monoisotopic (exact) mass is 1070 g/mol. The molecule has 1 aliphatic rings. The van der Waals surface area contributed by atoms with E-state index in [4.69, 9.17) is 23.7 Å². The topological polar surface area (TPSA) is 175 Å². The highest BCUT2D eigenvalue weighted by Crippen LogP contribution is 2.26. The predicted molar refractivity (Wildman–Crippen MR) is 312 cm³/mol. The van der Waals surface area contributed by atoms with E-state index in [-0.39, 0.29) is 19.3 Å². The molecule has 0 spiro atoms. The summed E-state index contributed by atoms with van der Waals surface area (Å²) in [6.07, 6.45) is 60.4. The van der Waals surface area contributed by atoms with Gasteiger partial charge in [0.05, 0.1) is 13.0 Å². The molecule has 0 aromatic carbocycles. The Bertz CT molecular complexity index is 1850. The summed E-state index contributed by atoms with van der Waals surface area (Å²) in [6, 6.07) is 0. The Balaban J connectivity index is 2.76. The van der Waals surface area contributed by atoms with Crippen LogP contribution in [0.15, 0.2) is 134 Å². The number of aliphatic hydroxyl groups excluding tert-OH is 2. The van der Waals surface area contributed by atoms with Crippen molar-refractivity contribution in [3.8, 4) is 0 Å². The van der Waals surface area contributed by atoms with Crippen LogP contribution in [0, 0.1) is 0 Å². The van der Waals surface area contributed by atoms with E-state index in [9.17, 15) is 34.5 Å². The second kappa shape index (κ2) is 51.6. The molecule has 1 fully saturated rings. The first-order valence-electron chi connectivity index (χ1n) is 29.2. The van der Waals surface area contributed by atoms with Gasteiger partial charge in [-0.25, -0.2) is 4.79 Å². The van der Waals surface area contributed by atoms with E-state index in [1.807, 2.05) is 36.5 Å². The Labute approximate surface area is 464 Å². The Morgan fingerprint density at radius 2 is 0.883 bits per heavy atom. The standard InChI is InChI=1S/C65H100O12/c1-4-7-10-13-16-19-22-25-27-28-29-30-32-35-38-41-44-47-50-53-59(68)76-63-61(70)60(69)62(64(71)72)77-65(63)74-55-56(75-58(67)52-49-46-43-40-37-33-24-21-18-15-12-9-6-3)54-73-57(66)51-48-45-42-39-36-34-31-26-23-20-17-14-11-8-5-2/h8-9,11-12,16-21,25-27,31,33,36-37,39,43,45-46,48,56,60-63,65,69-70H,4-7,10,13-15,22-24,28-30,32,34-35,38,40-42,44,47,49-55H2,1-3H3,(H,71,72)/b11-8-,12-9-,19-16-,20-17-,21-18-,27-25-,31-26-,37-33-,39-36-,46-43-,48-45-. The smallest absolute Gasteiger partial charge is 0.335 e. The molecule has 1 aliphatic heterocycles. The van der Waals surface area contributed by atoms with Crippen molar-refractivity contribution in [2.45, 2.75) is 237 Å². The molecule has 0 aromatic rings. The van der Waals surface area contributed by atoms with Crippen molar-refractivity contribution in [1.29, 1.82) is 0 Å². The van der Waals surface area contributed by atoms with Crippen LogP contribution >= 0.6 is 0 Å². The second-order valence-corrected chi connectivity index (χ2v) is 19.2. The van der Waals surface area contributed by atoms with Crippen molar-refractivity contribution >= 4 is 23.9 Å². The van der Waals surface area contributed by atoms with Gasteiger partial charge in [0.1, 0.15) is 18.8 Å². The molecule has 0 aromatic heterocycles. The summed E-state index contributed by atoms with van der Waals surface area (Å²) >= 11 is 0. The summed E-state index contributed by atoms with van der Waals surface area (Å²) in [7, 11) is 0. The Kier molecular flexibility index (Phi) is 46.8. The van der Waals surface area contributed by atoms with Gasteiger partial charge in [-0.05, 0) is 103 Å².